The molecule has 3 heterocycles. The highest BCUT2D eigenvalue weighted by molar-refractivity contribution is 6.91. The molecule has 4 aromatic rings. The van der Waals surface area contributed by atoms with Crippen molar-refractivity contribution in [1.29, 1.82) is 0 Å². The lowest BCUT2D eigenvalue weighted by molar-refractivity contribution is -0.145. The van der Waals surface area contributed by atoms with E-state index in [9.17, 15) is 9.90 Å². The Morgan fingerprint density at radius 1 is 1.02 bits per heavy atom. The molecular weight excluding hydrogens is 584 g/mol. The van der Waals surface area contributed by atoms with E-state index in [4.69, 9.17) is 14.2 Å². The SMILES string of the molecule is COc1ccc([Si](C)(C)[C@H]2[C@H](CCn3cc(C(CO)c4ccccc4)nn3)O[C@@]3(C(=O)N(C)c4ccc(OC)cc43)[C@@H]2C)cc1. The summed E-state index contributed by atoms with van der Waals surface area (Å²) in [5.74, 6) is 1.13. The standard InChI is InChI=1S/C35H42N4O5Si/c1-23-33(45(5,6)27-15-12-25(42-3)13-16-27)32(44-35(23)29-20-26(43-4)14-17-31(29)38(2)34(35)41)18-19-39-21-30(36-37-39)28(22-40)24-10-8-7-9-11-24/h7-17,20-21,23,28,32-33,40H,18-19,22H2,1-6H3/t23-,28?,32+,33-,35+/m1/s1. The van der Waals surface area contributed by atoms with E-state index in [1.807, 2.05) is 78.6 Å². The Morgan fingerprint density at radius 3 is 2.38 bits per heavy atom. The van der Waals surface area contributed by atoms with Gasteiger partial charge in [-0.05, 0) is 47.9 Å². The second-order valence-corrected chi connectivity index (χ2v) is 17.4. The highest BCUT2D eigenvalue weighted by atomic mass is 28.3. The molecule has 1 saturated heterocycles. The van der Waals surface area contributed by atoms with Crippen LogP contribution in [0.3, 0.4) is 0 Å². The van der Waals surface area contributed by atoms with Gasteiger partial charge in [-0.1, -0.05) is 72.9 Å². The number of aromatic nitrogens is 3. The molecule has 1 N–H and O–H groups in total. The Kier molecular flexibility index (Phi) is 8.32. The lowest BCUT2D eigenvalue weighted by Crippen LogP contribution is -2.51. The fraction of sp³-hybridized carbons (Fsp3) is 0.400. The molecule has 1 unspecified atom stereocenters. The summed E-state index contributed by atoms with van der Waals surface area (Å²) in [6, 6.07) is 24.0. The van der Waals surface area contributed by atoms with Crippen molar-refractivity contribution in [3.05, 3.63) is 95.8 Å². The lowest BCUT2D eigenvalue weighted by Gasteiger charge is -2.37. The first-order valence-corrected chi connectivity index (χ1v) is 18.6. The number of benzene rings is 3. The molecule has 1 amide bonds. The topological polar surface area (TPSA) is 98.9 Å². The zero-order valence-electron chi connectivity index (χ0n) is 26.8. The molecule has 3 aromatic carbocycles. The third-order valence-corrected chi connectivity index (χ3v) is 14.5. The summed E-state index contributed by atoms with van der Waals surface area (Å²) >= 11 is 0. The third kappa shape index (κ3) is 5.14. The van der Waals surface area contributed by atoms with Crippen molar-refractivity contribution < 1.29 is 24.1 Å². The molecule has 0 radical (unpaired) electrons. The van der Waals surface area contributed by atoms with Gasteiger partial charge in [0, 0.05) is 31.3 Å². The second kappa shape index (κ2) is 12.1. The van der Waals surface area contributed by atoms with Crippen LogP contribution in [0.2, 0.25) is 18.6 Å². The van der Waals surface area contributed by atoms with Gasteiger partial charge in [-0.15, -0.1) is 5.10 Å². The lowest BCUT2D eigenvalue weighted by atomic mass is 9.82. The molecule has 1 spiro atoms. The molecule has 1 aromatic heterocycles. The maximum absolute atomic E-state index is 14.3. The number of carbonyl (C=O) groups is 1. The van der Waals surface area contributed by atoms with Crippen molar-refractivity contribution in [3.8, 4) is 11.5 Å². The van der Waals surface area contributed by atoms with Crippen LogP contribution in [0.1, 0.15) is 36.1 Å². The number of anilines is 1. The molecule has 45 heavy (non-hydrogen) atoms. The predicted octanol–water partition coefficient (Wildman–Crippen LogP) is 4.70. The monoisotopic (exact) mass is 626 g/mol. The third-order valence-electron chi connectivity index (χ3n) is 10.1. The summed E-state index contributed by atoms with van der Waals surface area (Å²) in [5, 5.41) is 20.3. The van der Waals surface area contributed by atoms with Gasteiger partial charge in [0.15, 0.2) is 5.60 Å². The number of aliphatic hydroxyl groups excluding tert-OH is 1. The van der Waals surface area contributed by atoms with E-state index < -0.39 is 13.7 Å². The Bertz CT molecular complexity index is 1660. The van der Waals surface area contributed by atoms with Crippen molar-refractivity contribution in [2.45, 2.75) is 56.1 Å². The number of rotatable bonds is 10. The largest absolute Gasteiger partial charge is 0.497 e. The highest BCUT2D eigenvalue weighted by Gasteiger charge is 2.65. The molecule has 0 saturated carbocycles. The molecule has 2 aliphatic heterocycles. The number of hydrogen-bond donors (Lipinski definition) is 1. The van der Waals surface area contributed by atoms with Gasteiger partial charge in [0.2, 0.25) is 0 Å². The number of hydrogen-bond acceptors (Lipinski definition) is 7. The highest BCUT2D eigenvalue weighted by Crippen LogP contribution is 2.60. The van der Waals surface area contributed by atoms with Gasteiger partial charge in [-0.2, -0.15) is 0 Å². The van der Waals surface area contributed by atoms with Crippen molar-refractivity contribution in [3.63, 3.8) is 0 Å². The van der Waals surface area contributed by atoms with Crippen LogP contribution in [0, 0.1) is 5.92 Å². The number of fused-ring (bicyclic) bond motifs is 2. The molecule has 0 bridgehead atoms. The van der Waals surface area contributed by atoms with Crippen LogP contribution in [0.5, 0.6) is 11.5 Å². The molecule has 236 valence electrons. The van der Waals surface area contributed by atoms with Gasteiger partial charge in [-0.25, -0.2) is 0 Å². The summed E-state index contributed by atoms with van der Waals surface area (Å²) < 4.78 is 20.0. The van der Waals surface area contributed by atoms with Crippen molar-refractivity contribution in [2.24, 2.45) is 5.92 Å². The minimum Gasteiger partial charge on any atom is -0.497 e. The van der Waals surface area contributed by atoms with Crippen molar-refractivity contribution in [2.75, 3.05) is 32.8 Å². The van der Waals surface area contributed by atoms with E-state index in [0.29, 0.717) is 18.7 Å². The molecule has 5 atom stereocenters. The molecular formula is C35H42N4O5Si. The van der Waals surface area contributed by atoms with Crippen molar-refractivity contribution in [1.82, 2.24) is 15.0 Å². The Hall–Kier alpha value is -3.99. The van der Waals surface area contributed by atoms with E-state index in [-0.39, 0.29) is 36.0 Å². The second-order valence-electron chi connectivity index (χ2n) is 12.7. The summed E-state index contributed by atoms with van der Waals surface area (Å²) in [5.41, 5.74) is 2.43. The number of methoxy groups -OCH3 is 2. The minimum atomic E-state index is -2.26. The van der Waals surface area contributed by atoms with Crippen molar-refractivity contribution >= 4 is 24.9 Å². The molecule has 10 heteroatoms. The summed E-state index contributed by atoms with van der Waals surface area (Å²) in [7, 11) is 2.89. The Labute approximate surface area is 265 Å². The number of ether oxygens (including phenoxy) is 3. The number of aliphatic hydroxyl groups is 1. The fourth-order valence-electron chi connectivity index (χ4n) is 7.69. The number of aryl methyl sites for hydroxylation is 1. The maximum Gasteiger partial charge on any atom is 0.264 e. The van der Waals surface area contributed by atoms with Crippen LogP contribution in [0.4, 0.5) is 5.69 Å². The number of amides is 1. The van der Waals surface area contributed by atoms with E-state index in [1.54, 1.807) is 19.1 Å². The Balaban J connectivity index is 1.36. The minimum absolute atomic E-state index is 0.0398. The smallest absolute Gasteiger partial charge is 0.264 e. The normalized spacial score (nSPS) is 23.4. The summed E-state index contributed by atoms with van der Waals surface area (Å²) in [6.07, 6.45) is 2.35. The van der Waals surface area contributed by atoms with Gasteiger partial charge in [0.25, 0.3) is 5.91 Å². The first-order chi connectivity index (χ1) is 21.6. The first kappa shape index (κ1) is 31.0. The zero-order valence-corrected chi connectivity index (χ0v) is 27.8. The average Bonchev–Trinajstić information content (AvgIpc) is 3.71. The molecule has 0 aliphatic carbocycles. The van der Waals surface area contributed by atoms with Crippen LogP contribution >= 0.6 is 0 Å². The molecule has 2 aliphatic rings. The quantitative estimate of drug-likeness (QED) is 0.255. The van der Waals surface area contributed by atoms with Gasteiger partial charge < -0.3 is 24.2 Å². The molecule has 6 rings (SSSR count). The number of likely N-dealkylation sites (N-methyl/N-ethyl adjacent to an activating group) is 1. The first-order valence-electron chi connectivity index (χ1n) is 15.5. The van der Waals surface area contributed by atoms with E-state index >= 15 is 0 Å². The van der Waals surface area contributed by atoms with Gasteiger partial charge >= 0.3 is 0 Å². The van der Waals surface area contributed by atoms with Gasteiger partial charge in [0.1, 0.15) is 11.5 Å². The number of carbonyl (C=O) groups excluding carboxylic acids is 1. The predicted molar refractivity (Wildman–Crippen MR) is 176 cm³/mol. The number of nitrogens with zero attached hydrogens (tertiary/aromatic N) is 4. The maximum atomic E-state index is 14.3. The van der Waals surface area contributed by atoms with Crippen LogP contribution in [-0.2, 0) is 21.7 Å². The fourth-order valence-corrected chi connectivity index (χ4v) is 11.8. The van der Waals surface area contributed by atoms with Gasteiger partial charge in [0.05, 0.1) is 52.3 Å². The van der Waals surface area contributed by atoms with E-state index in [1.165, 1.54) is 5.19 Å². The zero-order chi connectivity index (χ0) is 31.9. The Morgan fingerprint density at radius 2 is 1.71 bits per heavy atom. The van der Waals surface area contributed by atoms with E-state index in [0.717, 1.165) is 28.3 Å². The van der Waals surface area contributed by atoms with E-state index in [2.05, 4.69) is 42.5 Å². The van der Waals surface area contributed by atoms with Crippen LogP contribution in [0.25, 0.3) is 0 Å². The van der Waals surface area contributed by atoms with Gasteiger partial charge in [-0.3, -0.25) is 9.48 Å². The summed E-state index contributed by atoms with van der Waals surface area (Å²) in [6.45, 7) is 7.44. The summed E-state index contributed by atoms with van der Waals surface area (Å²) in [4.78, 5) is 16.0. The molecule has 1 fully saturated rings. The average molecular weight is 627 g/mol. The van der Waals surface area contributed by atoms with Crippen LogP contribution in [0.15, 0.2) is 79.0 Å². The van der Waals surface area contributed by atoms with Crippen LogP contribution in [-0.4, -0.2) is 68.1 Å². The molecule has 9 nitrogen and oxygen atoms in total. The van der Waals surface area contributed by atoms with Crippen LogP contribution < -0.4 is 19.6 Å².